The van der Waals surface area contributed by atoms with Gasteiger partial charge in [-0.25, -0.2) is 4.79 Å². The number of fused-ring (bicyclic) bond motifs is 1. The molecule has 6 nitrogen and oxygen atoms in total. The number of rotatable bonds is 9. The predicted octanol–water partition coefficient (Wildman–Crippen LogP) is 7.66. The van der Waals surface area contributed by atoms with Crippen molar-refractivity contribution in [3.8, 4) is 0 Å². The third-order valence-corrected chi connectivity index (χ3v) is 8.94. The number of carbonyl (C=O) groups excluding carboxylic acids is 1. The van der Waals surface area contributed by atoms with Crippen molar-refractivity contribution in [2.45, 2.75) is 50.2 Å². The van der Waals surface area contributed by atoms with Gasteiger partial charge in [-0.05, 0) is 66.6 Å². The van der Waals surface area contributed by atoms with Gasteiger partial charge in [-0.15, -0.1) is 5.69 Å². The summed E-state index contributed by atoms with van der Waals surface area (Å²) in [6.45, 7) is 1.54. The van der Waals surface area contributed by atoms with E-state index in [-0.39, 0.29) is 34.4 Å². The van der Waals surface area contributed by atoms with Gasteiger partial charge in [-0.1, -0.05) is 107 Å². The van der Waals surface area contributed by atoms with Gasteiger partial charge in [-0.3, -0.25) is 9.89 Å². The van der Waals surface area contributed by atoms with Gasteiger partial charge < -0.3 is 15.2 Å². The van der Waals surface area contributed by atoms with E-state index in [1.165, 1.54) is 5.56 Å². The molecular weight excluding hydrogens is 661 g/mol. The molecule has 1 aliphatic heterocycles. The van der Waals surface area contributed by atoms with Crippen LogP contribution in [0.15, 0.2) is 113 Å². The molecular formula is C36H33BrN3NiO3-. The maximum absolute atomic E-state index is 13.7. The second-order valence-electron chi connectivity index (χ2n) is 11.2. The van der Waals surface area contributed by atoms with Crippen molar-refractivity contribution in [3.63, 3.8) is 0 Å². The molecule has 0 saturated carbocycles. The second kappa shape index (κ2) is 14.5. The molecule has 8 heteroatoms. The molecule has 0 radical (unpaired) electrons. The maximum atomic E-state index is 13.7. The van der Waals surface area contributed by atoms with Gasteiger partial charge in [0.15, 0.2) is 6.04 Å². The van der Waals surface area contributed by atoms with E-state index in [2.05, 4.69) is 44.3 Å². The summed E-state index contributed by atoms with van der Waals surface area (Å²) in [5.41, 5.74) is 5.80. The van der Waals surface area contributed by atoms with E-state index in [9.17, 15) is 14.7 Å². The van der Waals surface area contributed by atoms with E-state index >= 15 is 0 Å². The number of aliphatic imine (C=N–C) groups is 1. The van der Waals surface area contributed by atoms with Crippen LogP contribution in [0.1, 0.15) is 53.0 Å². The molecule has 3 atom stereocenters. The zero-order valence-electron chi connectivity index (χ0n) is 24.1. The van der Waals surface area contributed by atoms with Crippen LogP contribution in [0.3, 0.4) is 0 Å². The molecule has 1 amide bonds. The Hall–Kier alpha value is -3.58. The SMILES string of the molecule is O=C(O)[C@@H](N=C(c1ccccc1)c1ccccc1[N-]C(=O)[C@@H]1CCCN1Cc1ccccc1)[C@H]1CCc2ccc(Br)cc21.[Ni]. The van der Waals surface area contributed by atoms with E-state index < -0.39 is 12.0 Å². The van der Waals surface area contributed by atoms with Gasteiger partial charge >= 0.3 is 5.97 Å². The van der Waals surface area contributed by atoms with E-state index in [1.807, 2.05) is 84.9 Å². The van der Waals surface area contributed by atoms with Crippen LogP contribution in [-0.2, 0) is 39.0 Å². The van der Waals surface area contributed by atoms with Crippen LogP contribution in [0.2, 0.25) is 0 Å². The predicted molar refractivity (Wildman–Crippen MR) is 173 cm³/mol. The Morgan fingerprint density at radius 2 is 1.64 bits per heavy atom. The number of hydrogen-bond donors (Lipinski definition) is 1. The Morgan fingerprint density at radius 3 is 2.39 bits per heavy atom. The Morgan fingerprint density at radius 1 is 0.932 bits per heavy atom. The third-order valence-electron chi connectivity index (χ3n) is 8.45. The average Bonchev–Trinajstić information content (AvgIpc) is 3.66. The van der Waals surface area contributed by atoms with Crippen LogP contribution in [-0.4, -0.2) is 46.2 Å². The number of carboxylic acid groups (broad SMARTS) is 1. The van der Waals surface area contributed by atoms with Gasteiger partial charge in [0.2, 0.25) is 0 Å². The molecule has 0 bridgehead atoms. The summed E-state index contributed by atoms with van der Waals surface area (Å²) < 4.78 is 0.922. The number of benzene rings is 4. The van der Waals surface area contributed by atoms with Crippen LogP contribution in [0, 0.1) is 0 Å². The average molecular weight is 694 g/mol. The number of halogens is 1. The first kappa shape index (κ1) is 31.8. The summed E-state index contributed by atoms with van der Waals surface area (Å²) in [4.78, 5) is 33.7. The monoisotopic (exact) mass is 692 g/mol. The van der Waals surface area contributed by atoms with Crippen molar-refractivity contribution >= 4 is 39.2 Å². The van der Waals surface area contributed by atoms with Gasteiger partial charge in [0.1, 0.15) is 0 Å². The summed E-state index contributed by atoms with van der Waals surface area (Å²) in [6.07, 6.45) is 3.22. The Bertz CT molecular complexity index is 1650. The summed E-state index contributed by atoms with van der Waals surface area (Å²) in [5.74, 6) is -1.42. The maximum Gasteiger partial charge on any atom is 0.329 e. The zero-order valence-corrected chi connectivity index (χ0v) is 26.7. The number of carboxylic acids is 1. The molecule has 4 aromatic rings. The van der Waals surface area contributed by atoms with Gasteiger partial charge in [-0.2, -0.15) is 0 Å². The fraction of sp³-hybridized carbons (Fsp3) is 0.250. The Labute approximate surface area is 276 Å². The minimum absolute atomic E-state index is 0. The smallest absolute Gasteiger partial charge is 0.329 e. The first-order valence-corrected chi connectivity index (χ1v) is 15.5. The van der Waals surface area contributed by atoms with E-state index in [0.717, 1.165) is 47.0 Å². The standard InChI is InChI=1S/C36H34BrN3O3.Ni/c37-27-19-17-25-18-20-28(30(25)22-27)34(36(42)43)39-33(26-12-5-2-6-13-26)29-14-7-8-15-31(29)38-35(41)32-16-9-21-40(32)23-24-10-3-1-4-11-24;/h1-8,10-15,17,19,22,28,32,34H,9,16,18,20-21,23H2,(H2,38,39,41,42,43);/p-1/t28-,32-,34-;/m0./s1. The van der Waals surface area contributed by atoms with Crippen molar-refractivity contribution in [2.24, 2.45) is 4.99 Å². The molecule has 0 aromatic heterocycles. The number of carbonyl (C=O) groups is 2. The second-order valence-corrected chi connectivity index (χ2v) is 12.1. The fourth-order valence-corrected chi connectivity index (χ4v) is 6.74. The van der Waals surface area contributed by atoms with Crippen molar-refractivity contribution in [1.29, 1.82) is 0 Å². The van der Waals surface area contributed by atoms with Crippen molar-refractivity contribution in [1.82, 2.24) is 4.90 Å². The van der Waals surface area contributed by atoms with E-state index in [4.69, 9.17) is 4.99 Å². The summed E-state index contributed by atoms with van der Waals surface area (Å²) in [6, 6.07) is 32.0. The van der Waals surface area contributed by atoms with Crippen LogP contribution in [0.4, 0.5) is 5.69 Å². The minimum Gasteiger partial charge on any atom is -0.625 e. The van der Waals surface area contributed by atoms with Gasteiger partial charge in [0.25, 0.3) is 0 Å². The van der Waals surface area contributed by atoms with Crippen LogP contribution < -0.4 is 0 Å². The number of para-hydroxylation sites is 1. The number of hydrogen-bond acceptors (Lipinski definition) is 4. The molecule has 1 saturated heterocycles. The fourth-order valence-electron chi connectivity index (χ4n) is 6.36. The molecule has 1 fully saturated rings. The largest absolute Gasteiger partial charge is 0.625 e. The summed E-state index contributed by atoms with van der Waals surface area (Å²) >= 11 is 3.55. The Kier molecular flexibility index (Phi) is 10.5. The summed E-state index contributed by atoms with van der Waals surface area (Å²) in [7, 11) is 0. The quantitative estimate of drug-likeness (QED) is 0.144. The summed E-state index contributed by atoms with van der Waals surface area (Å²) in [5, 5.41) is 15.1. The number of aliphatic carboxylic acids is 1. The van der Waals surface area contributed by atoms with Crippen molar-refractivity contribution < 1.29 is 31.2 Å². The van der Waals surface area contributed by atoms with Crippen LogP contribution in [0.25, 0.3) is 5.32 Å². The van der Waals surface area contributed by atoms with Crippen LogP contribution in [0.5, 0.6) is 0 Å². The molecule has 0 unspecified atom stereocenters. The molecule has 0 spiro atoms. The molecule has 2 aliphatic rings. The molecule has 6 rings (SSSR count). The van der Waals surface area contributed by atoms with Crippen molar-refractivity contribution in [3.05, 3.63) is 141 Å². The molecule has 4 aromatic carbocycles. The number of likely N-dealkylation sites (tertiary alicyclic amines) is 1. The van der Waals surface area contributed by atoms with Crippen LogP contribution >= 0.6 is 15.9 Å². The molecule has 1 N–H and O–H groups in total. The first-order chi connectivity index (χ1) is 21.0. The number of amides is 1. The van der Waals surface area contributed by atoms with Gasteiger partial charge in [0.05, 0.1) is 17.7 Å². The Balaban J connectivity index is 0.00000384. The number of aryl methyl sites for hydroxylation is 1. The third kappa shape index (κ3) is 7.04. The number of nitrogens with zero attached hydrogens (tertiary/aromatic N) is 3. The van der Waals surface area contributed by atoms with Gasteiger partial charge in [0, 0.05) is 39.0 Å². The minimum atomic E-state index is -0.995. The molecule has 44 heavy (non-hydrogen) atoms. The zero-order chi connectivity index (χ0) is 29.8. The van der Waals surface area contributed by atoms with Crippen molar-refractivity contribution in [2.75, 3.05) is 6.54 Å². The van der Waals surface area contributed by atoms with E-state index in [0.29, 0.717) is 29.9 Å². The van der Waals surface area contributed by atoms with E-state index in [1.54, 1.807) is 0 Å². The topological polar surface area (TPSA) is 84.1 Å². The molecule has 228 valence electrons. The normalized spacial score (nSPS) is 18.7. The first-order valence-electron chi connectivity index (χ1n) is 14.8. The molecule has 1 aliphatic carbocycles. The molecule has 1 heterocycles.